The summed E-state index contributed by atoms with van der Waals surface area (Å²) in [5.74, 6) is -1.41. The van der Waals surface area contributed by atoms with Gasteiger partial charge in [0.25, 0.3) is 11.8 Å². The molecule has 1 aliphatic rings. The molecule has 0 saturated carbocycles. The number of benzene rings is 1. The van der Waals surface area contributed by atoms with Crippen LogP contribution in [0.2, 0.25) is 0 Å². The van der Waals surface area contributed by atoms with Gasteiger partial charge in [0.2, 0.25) is 0 Å². The minimum Gasteiger partial charge on any atom is -0.465 e. The van der Waals surface area contributed by atoms with Gasteiger partial charge in [0.15, 0.2) is 0 Å². The Morgan fingerprint density at radius 2 is 1.70 bits per heavy atom. The van der Waals surface area contributed by atoms with Crippen molar-refractivity contribution in [3.63, 3.8) is 0 Å². The summed E-state index contributed by atoms with van der Waals surface area (Å²) < 4.78 is 4.66. The van der Waals surface area contributed by atoms with E-state index < -0.39 is 17.8 Å². The highest BCUT2D eigenvalue weighted by Crippen LogP contribution is 2.33. The predicted molar refractivity (Wildman–Crippen MR) is 73.2 cm³/mol. The molecule has 5 nitrogen and oxygen atoms in total. The zero-order chi connectivity index (χ0) is 14.3. The second-order valence-electron chi connectivity index (χ2n) is 4.12. The zero-order valence-electron chi connectivity index (χ0n) is 10.5. The topological polar surface area (TPSA) is 63.7 Å². The van der Waals surface area contributed by atoms with Crippen molar-refractivity contribution in [2.24, 2.45) is 0 Å². The van der Waals surface area contributed by atoms with Gasteiger partial charge in [0.05, 0.1) is 23.9 Å². The number of methoxy groups -OCH3 is 1. The standard InChI is InChI=1S/C14H9NO4S/c1-19-14(18)11-10(6-7-20-11)15-12(16)8-4-2-3-5-9(8)13(15)17/h2-7H,1H3. The van der Waals surface area contributed by atoms with E-state index in [4.69, 9.17) is 0 Å². The highest BCUT2D eigenvalue weighted by atomic mass is 32.1. The number of carbonyl (C=O) groups is 3. The number of imide groups is 1. The summed E-state index contributed by atoms with van der Waals surface area (Å²) in [6, 6.07) is 8.16. The van der Waals surface area contributed by atoms with E-state index in [0.717, 1.165) is 16.2 Å². The van der Waals surface area contributed by atoms with Crippen molar-refractivity contribution >= 4 is 34.8 Å². The smallest absolute Gasteiger partial charge is 0.350 e. The molecule has 20 heavy (non-hydrogen) atoms. The summed E-state index contributed by atoms with van der Waals surface area (Å²) in [6.45, 7) is 0. The Bertz CT molecular complexity index is 699. The van der Waals surface area contributed by atoms with Gasteiger partial charge < -0.3 is 4.74 Å². The van der Waals surface area contributed by atoms with Crippen molar-refractivity contribution in [1.29, 1.82) is 0 Å². The Balaban J connectivity index is 2.10. The molecule has 0 saturated heterocycles. The third kappa shape index (κ3) is 1.65. The summed E-state index contributed by atoms with van der Waals surface area (Å²) in [6.07, 6.45) is 0. The molecule has 0 unspecified atom stereocenters. The maximum absolute atomic E-state index is 12.3. The minimum absolute atomic E-state index is 0.238. The number of anilines is 1. The molecule has 1 aromatic carbocycles. The average Bonchev–Trinajstić information content (AvgIpc) is 3.03. The van der Waals surface area contributed by atoms with Gasteiger partial charge in [0.1, 0.15) is 4.88 Å². The van der Waals surface area contributed by atoms with Crippen LogP contribution in [0.4, 0.5) is 5.69 Å². The Morgan fingerprint density at radius 1 is 1.10 bits per heavy atom. The molecule has 2 heterocycles. The fourth-order valence-electron chi connectivity index (χ4n) is 2.13. The Morgan fingerprint density at radius 3 is 2.25 bits per heavy atom. The van der Waals surface area contributed by atoms with Crippen LogP contribution in [-0.2, 0) is 4.74 Å². The van der Waals surface area contributed by atoms with Gasteiger partial charge >= 0.3 is 5.97 Å². The molecule has 0 spiro atoms. The van der Waals surface area contributed by atoms with Crippen LogP contribution < -0.4 is 4.90 Å². The number of rotatable bonds is 2. The van der Waals surface area contributed by atoms with Crippen molar-refractivity contribution in [2.45, 2.75) is 0 Å². The van der Waals surface area contributed by atoms with Gasteiger partial charge in [-0.1, -0.05) is 12.1 Å². The predicted octanol–water partition coefficient (Wildman–Crippen LogP) is 2.34. The number of thiophene rings is 1. The lowest BCUT2D eigenvalue weighted by molar-refractivity contribution is 0.0607. The van der Waals surface area contributed by atoms with Crippen LogP contribution in [0.1, 0.15) is 30.4 Å². The van der Waals surface area contributed by atoms with Crippen molar-refractivity contribution in [3.05, 3.63) is 51.7 Å². The lowest BCUT2D eigenvalue weighted by Crippen LogP contribution is -2.30. The number of hydrogen-bond donors (Lipinski definition) is 0. The highest BCUT2D eigenvalue weighted by molar-refractivity contribution is 7.12. The van der Waals surface area contributed by atoms with E-state index in [9.17, 15) is 14.4 Å². The normalized spacial score (nSPS) is 13.6. The molecule has 2 amide bonds. The Labute approximate surface area is 118 Å². The lowest BCUT2D eigenvalue weighted by Gasteiger charge is -2.13. The minimum atomic E-state index is -0.563. The largest absolute Gasteiger partial charge is 0.465 e. The molecule has 2 aromatic rings. The second kappa shape index (κ2) is 4.57. The van der Waals surface area contributed by atoms with Crippen LogP contribution in [0, 0.1) is 0 Å². The van der Waals surface area contributed by atoms with Gasteiger partial charge in [0, 0.05) is 0 Å². The molecular formula is C14H9NO4S. The molecule has 0 radical (unpaired) electrons. The molecule has 1 aliphatic heterocycles. The summed E-state index contributed by atoms with van der Waals surface area (Å²) in [7, 11) is 1.26. The SMILES string of the molecule is COC(=O)c1sccc1N1C(=O)c2ccccc2C1=O. The molecule has 100 valence electrons. The van der Waals surface area contributed by atoms with Gasteiger partial charge in [-0.3, -0.25) is 9.59 Å². The molecule has 1 aromatic heterocycles. The van der Waals surface area contributed by atoms with Crippen LogP contribution in [0.3, 0.4) is 0 Å². The third-order valence-corrected chi connectivity index (χ3v) is 3.93. The first-order valence-corrected chi connectivity index (χ1v) is 6.66. The highest BCUT2D eigenvalue weighted by Gasteiger charge is 2.38. The fraction of sp³-hybridized carbons (Fsp3) is 0.0714. The van der Waals surface area contributed by atoms with Crippen LogP contribution in [0.5, 0.6) is 0 Å². The summed E-state index contributed by atoms with van der Waals surface area (Å²) in [5, 5.41) is 1.64. The maximum Gasteiger partial charge on any atom is 0.350 e. The average molecular weight is 287 g/mol. The summed E-state index contributed by atoms with van der Waals surface area (Å²) in [4.78, 5) is 37.6. The first-order valence-electron chi connectivity index (χ1n) is 5.78. The number of amides is 2. The Kier molecular flexibility index (Phi) is 2.87. The van der Waals surface area contributed by atoms with Crippen LogP contribution in [0.25, 0.3) is 0 Å². The molecule has 6 heteroatoms. The van der Waals surface area contributed by atoms with Gasteiger partial charge in [-0.15, -0.1) is 11.3 Å². The third-order valence-electron chi connectivity index (χ3n) is 3.05. The quantitative estimate of drug-likeness (QED) is 0.628. The fourth-order valence-corrected chi connectivity index (χ4v) is 2.92. The molecule has 0 N–H and O–H groups in total. The lowest BCUT2D eigenvalue weighted by atomic mass is 10.1. The number of ether oxygens (including phenoxy) is 1. The van der Waals surface area contributed by atoms with Gasteiger partial charge in [-0.05, 0) is 23.6 Å². The zero-order valence-corrected chi connectivity index (χ0v) is 11.3. The first-order chi connectivity index (χ1) is 9.65. The van der Waals surface area contributed by atoms with Crippen LogP contribution in [-0.4, -0.2) is 24.9 Å². The molecule has 0 fully saturated rings. The van der Waals surface area contributed by atoms with Gasteiger partial charge in [-0.2, -0.15) is 0 Å². The molecule has 3 rings (SSSR count). The van der Waals surface area contributed by atoms with E-state index in [1.165, 1.54) is 7.11 Å². The number of nitrogens with zero attached hydrogens (tertiary/aromatic N) is 1. The summed E-state index contributed by atoms with van der Waals surface area (Å²) >= 11 is 1.13. The second-order valence-corrected chi connectivity index (χ2v) is 5.03. The first kappa shape index (κ1) is 12.6. The van der Waals surface area contributed by atoms with Crippen molar-refractivity contribution in [2.75, 3.05) is 12.0 Å². The molecule has 0 aliphatic carbocycles. The van der Waals surface area contributed by atoms with E-state index in [0.29, 0.717) is 11.1 Å². The Hall–Kier alpha value is -2.47. The van der Waals surface area contributed by atoms with Crippen LogP contribution in [0.15, 0.2) is 35.7 Å². The van der Waals surface area contributed by atoms with E-state index in [-0.39, 0.29) is 10.6 Å². The number of fused-ring (bicyclic) bond motifs is 1. The number of hydrogen-bond acceptors (Lipinski definition) is 5. The van der Waals surface area contributed by atoms with Crippen LogP contribution >= 0.6 is 11.3 Å². The monoisotopic (exact) mass is 287 g/mol. The number of esters is 1. The molecular weight excluding hydrogens is 278 g/mol. The molecule has 0 bridgehead atoms. The van der Waals surface area contributed by atoms with Crippen molar-refractivity contribution in [1.82, 2.24) is 0 Å². The number of carbonyl (C=O) groups excluding carboxylic acids is 3. The van der Waals surface area contributed by atoms with E-state index >= 15 is 0 Å². The van der Waals surface area contributed by atoms with Gasteiger partial charge in [-0.25, -0.2) is 9.69 Å². The van der Waals surface area contributed by atoms with Crippen molar-refractivity contribution < 1.29 is 19.1 Å². The van der Waals surface area contributed by atoms with Crippen molar-refractivity contribution in [3.8, 4) is 0 Å². The summed E-state index contributed by atoms with van der Waals surface area (Å²) in [5.41, 5.74) is 0.965. The van der Waals surface area contributed by atoms with E-state index in [1.54, 1.807) is 35.7 Å². The van der Waals surface area contributed by atoms with E-state index in [2.05, 4.69) is 4.74 Å². The maximum atomic E-state index is 12.3. The molecule has 0 atom stereocenters. The van der Waals surface area contributed by atoms with E-state index in [1.807, 2.05) is 0 Å².